The molecule has 1 aromatic rings. The Morgan fingerprint density at radius 3 is 2.62 bits per heavy atom. The van der Waals surface area contributed by atoms with E-state index in [0.29, 0.717) is 16.3 Å². The number of ether oxygens (including phenoxy) is 1. The summed E-state index contributed by atoms with van der Waals surface area (Å²) in [6, 6.07) is 3.39. The number of aliphatic carboxylic acids is 1. The maximum Gasteiger partial charge on any atom is 0.326 e. The highest BCUT2D eigenvalue weighted by Crippen LogP contribution is 2.23. The lowest BCUT2D eigenvalue weighted by molar-refractivity contribution is -0.143. The molecule has 21 heavy (non-hydrogen) atoms. The summed E-state index contributed by atoms with van der Waals surface area (Å²) >= 11 is 5.84. The van der Waals surface area contributed by atoms with E-state index in [1.165, 1.54) is 7.11 Å². The monoisotopic (exact) mass is 314 g/mol. The van der Waals surface area contributed by atoms with Crippen LogP contribution in [0.25, 0.3) is 0 Å². The molecule has 0 heterocycles. The Labute approximate surface area is 126 Å². The molecule has 0 saturated carbocycles. The lowest BCUT2D eigenvalue weighted by atomic mass is 10.1. The summed E-state index contributed by atoms with van der Waals surface area (Å²) in [5, 5.41) is 11.6. The number of primary amides is 1. The molecule has 8 heteroatoms. The number of carbonyl (C=O) groups is 3. The second kappa shape index (κ2) is 7.49. The molecular weight excluding hydrogens is 300 g/mol. The maximum atomic E-state index is 11.9. The molecule has 0 saturated heterocycles. The van der Waals surface area contributed by atoms with Crippen molar-refractivity contribution in [2.24, 2.45) is 5.73 Å². The predicted molar refractivity (Wildman–Crippen MR) is 75.1 cm³/mol. The zero-order valence-corrected chi connectivity index (χ0v) is 12.0. The van der Waals surface area contributed by atoms with Gasteiger partial charge < -0.3 is 20.9 Å². The SMILES string of the molecule is COc1ccc(Cl)cc1CC(=O)NC(CC(N)=O)C(=O)O. The van der Waals surface area contributed by atoms with Crippen LogP contribution >= 0.6 is 11.6 Å². The molecule has 0 radical (unpaired) electrons. The molecule has 1 unspecified atom stereocenters. The fourth-order valence-corrected chi connectivity index (χ4v) is 1.90. The van der Waals surface area contributed by atoms with E-state index in [4.69, 9.17) is 27.2 Å². The highest BCUT2D eigenvalue weighted by atomic mass is 35.5. The van der Waals surface area contributed by atoms with Crippen molar-refractivity contribution >= 4 is 29.4 Å². The van der Waals surface area contributed by atoms with Crippen LogP contribution in [-0.4, -0.2) is 36.0 Å². The molecule has 0 bridgehead atoms. The molecule has 0 spiro atoms. The third-order valence-corrected chi connectivity index (χ3v) is 2.87. The Bertz CT molecular complexity index is 561. The van der Waals surface area contributed by atoms with Gasteiger partial charge in [-0.2, -0.15) is 0 Å². The van der Waals surface area contributed by atoms with Crippen molar-refractivity contribution < 1.29 is 24.2 Å². The Balaban J connectivity index is 2.78. The number of benzene rings is 1. The lowest BCUT2D eigenvalue weighted by Gasteiger charge is -2.14. The number of hydrogen-bond acceptors (Lipinski definition) is 4. The molecule has 0 aromatic heterocycles. The van der Waals surface area contributed by atoms with E-state index in [1.54, 1.807) is 18.2 Å². The summed E-state index contributed by atoms with van der Waals surface area (Å²) in [4.78, 5) is 33.6. The summed E-state index contributed by atoms with van der Waals surface area (Å²) in [6.07, 6.45) is -0.611. The van der Waals surface area contributed by atoms with Crippen LogP contribution in [0.2, 0.25) is 5.02 Å². The van der Waals surface area contributed by atoms with E-state index >= 15 is 0 Å². The number of carboxylic acids is 1. The standard InChI is InChI=1S/C13H15ClN2O5/c1-21-10-3-2-8(14)4-7(10)5-12(18)16-9(13(19)20)6-11(15)17/h2-4,9H,5-6H2,1H3,(H2,15,17)(H,16,18)(H,19,20). The molecule has 1 aromatic carbocycles. The van der Waals surface area contributed by atoms with Gasteiger partial charge in [-0.25, -0.2) is 4.79 Å². The topological polar surface area (TPSA) is 119 Å². The van der Waals surface area contributed by atoms with Crippen LogP contribution in [0.5, 0.6) is 5.75 Å². The van der Waals surface area contributed by atoms with E-state index in [-0.39, 0.29) is 6.42 Å². The summed E-state index contributed by atoms with van der Waals surface area (Å²) in [5.74, 6) is -2.27. The molecule has 114 valence electrons. The number of nitrogens with two attached hydrogens (primary N) is 1. The van der Waals surface area contributed by atoms with Gasteiger partial charge in [0.05, 0.1) is 20.0 Å². The van der Waals surface area contributed by atoms with Gasteiger partial charge in [0.1, 0.15) is 11.8 Å². The van der Waals surface area contributed by atoms with E-state index in [0.717, 1.165) is 0 Å². The minimum Gasteiger partial charge on any atom is -0.496 e. The lowest BCUT2D eigenvalue weighted by Crippen LogP contribution is -2.43. The largest absolute Gasteiger partial charge is 0.496 e. The third kappa shape index (κ3) is 5.31. The molecule has 7 nitrogen and oxygen atoms in total. The van der Waals surface area contributed by atoms with Crippen molar-refractivity contribution in [3.05, 3.63) is 28.8 Å². The number of amides is 2. The number of rotatable bonds is 7. The van der Waals surface area contributed by atoms with Crippen LogP contribution in [0.15, 0.2) is 18.2 Å². The molecule has 4 N–H and O–H groups in total. The fourth-order valence-electron chi connectivity index (χ4n) is 1.70. The van der Waals surface area contributed by atoms with Crippen molar-refractivity contribution in [3.63, 3.8) is 0 Å². The maximum absolute atomic E-state index is 11.9. The molecule has 0 aliphatic carbocycles. The predicted octanol–water partition coefficient (Wildman–Crippen LogP) is 0.336. The second-order valence-electron chi connectivity index (χ2n) is 4.26. The molecular formula is C13H15ClN2O5. The fraction of sp³-hybridized carbons (Fsp3) is 0.308. The van der Waals surface area contributed by atoms with Crippen LogP contribution in [0.1, 0.15) is 12.0 Å². The van der Waals surface area contributed by atoms with E-state index in [9.17, 15) is 14.4 Å². The second-order valence-corrected chi connectivity index (χ2v) is 4.70. The Kier molecular flexibility index (Phi) is 5.98. The molecule has 0 aliphatic heterocycles. The van der Waals surface area contributed by atoms with Crippen molar-refractivity contribution in [1.29, 1.82) is 0 Å². The summed E-state index contributed by atoms with van der Waals surface area (Å²) < 4.78 is 5.09. The number of carboxylic acid groups (broad SMARTS) is 1. The summed E-state index contributed by atoms with van der Waals surface area (Å²) in [5.41, 5.74) is 5.44. The highest BCUT2D eigenvalue weighted by Gasteiger charge is 2.22. The van der Waals surface area contributed by atoms with Crippen molar-refractivity contribution in [2.45, 2.75) is 18.9 Å². The number of halogens is 1. The first-order chi connectivity index (χ1) is 9.83. The van der Waals surface area contributed by atoms with Crippen molar-refractivity contribution in [1.82, 2.24) is 5.32 Å². The van der Waals surface area contributed by atoms with Gasteiger partial charge in [0, 0.05) is 10.6 Å². The average molecular weight is 315 g/mol. The molecule has 0 aliphatic rings. The Morgan fingerprint density at radius 1 is 1.43 bits per heavy atom. The van der Waals surface area contributed by atoms with Crippen LogP contribution < -0.4 is 15.8 Å². The van der Waals surface area contributed by atoms with Crippen molar-refractivity contribution in [3.8, 4) is 5.75 Å². The zero-order chi connectivity index (χ0) is 16.0. The molecule has 0 fully saturated rings. The molecule has 1 atom stereocenters. The highest BCUT2D eigenvalue weighted by molar-refractivity contribution is 6.30. The quantitative estimate of drug-likeness (QED) is 0.670. The summed E-state index contributed by atoms with van der Waals surface area (Å²) in [6.45, 7) is 0. The van der Waals surface area contributed by atoms with Gasteiger partial charge >= 0.3 is 5.97 Å². The van der Waals surface area contributed by atoms with Crippen LogP contribution in [0.4, 0.5) is 0 Å². The number of hydrogen-bond donors (Lipinski definition) is 3. The third-order valence-electron chi connectivity index (χ3n) is 2.63. The molecule has 1 rings (SSSR count). The van der Waals surface area contributed by atoms with Crippen LogP contribution in [0.3, 0.4) is 0 Å². The number of carbonyl (C=O) groups excluding carboxylic acids is 2. The normalized spacial score (nSPS) is 11.5. The number of nitrogens with one attached hydrogen (secondary N) is 1. The minimum atomic E-state index is -1.36. The summed E-state index contributed by atoms with van der Waals surface area (Å²) in [7, 11) is 1.44. The Hall–Kier alpha value is -2.28. The zero-order valence-electron chi connectivity index (χ0n) is 11.3. The van der Waals surface area contributed by atoms with Gasteiger partial charge in [-0.3, -0.25) is 9.59 Å². The van der Waals surface area contributed by atoms with Gasteiger partial charge in [0.15, 0.2) is 0 Å². The van der Waals surface area contributed by atoms with E-state index in [1.807, 2.05) is 0 Å². The van der Waals surface area contributed by atoms with Crippen LogP contribution in [-0.2, 0) is 20.8 Å². The Morgan fingerprint density at radius 2 is 2.10 bits per heavy atom. The molecule has 2 amide bonds. The van der Waals surface area contributed by atoms with Crippen LogP contribution in [0, 0.1) is 0 Å². The van der Waals surface area contributed by atoms with E-state index < -0.39 is 30.2 Å². The number of methoxy groups -OCH3 is 1. The smallest absolute Gasteiger partial charge is 0.326 e. The van der Waals surface area contributed by atoms with Gasteiger partial charge in [-0.05, 0) is 18.2 Å². The van der Waals surface area contributed by atoms with Crippen molar-refractivity contribution in [2.75, 3.05) is 7.11 Å². The first kappa shape index (κ1) is 16.8. The minimum absolute atomic E-state index is 0.133. The van der Waals surface area contributed by atoms with E-state index in [2.05, 4.69) is 5.32 Å². The van der Waals surface area contributed by atoms with Gasteiger partial charge in [0.25, 0.3) is 0 Å². The first-order valence-electron chi connectivity index (χ1n) is 5.96. The van der Waals surface area contributed by atoms with Gasteiger partial charge in [0.2, 0.25) is 11.8 Å². The van der Waals surface area contributed by atoms with Gasteiger partial charge in [-0.15, -0.1) is 0 Å². The average Bonchev–Trinajstić information content (AvgIpc) is 2.37. The first-order valence-corrected chi connectivity index (χ1v) is 6.34. The van der Waals surface area contributed by atoms with Gasteiger partial charge in [-0.1, -0.05) is 11.6 Å².